The van der Waals surface area contributed by atoms with E-state index in [1.165, 1.54) is 17.0 Å². The molecule has 2 aromatic carbocycles. The van der Waals surface area contributed by atoms with Crippen LogP contribution in [-0.2, 0) is 0 Å². The van der Waals surface area contributed by atoms with Crippen LogP contribution in [0.5, 0.6) is 17.2 Å². The Labute approximate surface area is 184 Å². The number of allylic oxidation sites excluding steroid dienone is 1. The lowest BCUT2D eigenvalue weighted by atomic mass is 10.1. The van der Waals surface area contributed by atoms with Crippen molar-refractivity contribution in [2.24, 2.45) is 0 Å². The molecule has 0 aliphatic carbocycles. The minimum Gasteiger partial charge on any atom is -0.490 e. The van der Waals surface area contributed by atoms with E-state index in [2.05, 4.69) is 5.10 Å². The molecule has 31 heavy (non-hydrogen) atoms. The fourth-order valence-corrected chi connectivity index (χ4v) is 2.87. The van der Waals surface area contributed by atoms with Gasteiger partial charge in [-0.05, 0) is 49.8 Å². The monoisotopic (exact) mass is 432 g/mol. The SMILES string of the molecule is CCOc1cc(C=C(C#N)C#N)ccc1Oc1cnn(-c2ccc(C)cc2)c(=O)c1Cl. The lowest BCUT2D eigenvalue weighted by molar-refractivity contribution is 0.321. The number of rotatable bonds is 6. The van der Waals surface area contributed by atoms with Crippen molar-refractivity contribution >= 4 is 17.7 Å². The molecule has 3 rings (SSSR count). The molecule has 0 radical (unpaired) electrons. The molecule has 0 amide bonds. The van der Waals surface area contributed by atoms with Crippen LogP contribution in [0, 0.1) is 29.6 Å². The minimum absolute atomic E-state index is 0.0388. The lowest BCUT2D eigenvalue weighted by Crippen LogP contribution is -2.21. The molecule has 7 nitrogen and oxygen atoms in total. The molecule has 3 aromatic rings. The number of hydrogen-bond donors (Lipinski definition) is 0. The summed E-state index contributed by atoms with van der Waals surface area (Å²) in [5, 5.41) is 21.9. The van der Waals surface area contributed by atoms with Crippen LogP contribution in [0.15, 0.2) is 59.0 Å². The summed E-state index contributed by atoms with van der Waals surface area (Å²) in [7, 11) is 0. The predicted octanol–water partition coefficient (Wildman–Crippen LogP) is 4.82. The summed E-state index contributed by atoms with van der Waals surface area (Å²) in [5.74, 6) is 0.755. The van der Waals surface area contributed by atoms with E-state index >= 15 is 0 Å². The zero-order valence-electron chi connectivity index (χ0n) is 16.8. The molecule has 1 heterocycles. The first-order valence-electron chi connectivity index (χ1n) is 9.28. The number of halogens is 1. The third-order valence-electron chi connectivity index (χ3n) is 4.20. The van der Waals surface area contributed by atoms with Crippen LogP contribution in [0.4, 0.5) is 0 Å². The number of aryl methyl sites for hydroxylation is 1. The van der Waals surface area contributed by atoms with Crippen molar-refractivity contribution in [1.29, 1.82) is 10.5 Å². The van der Waals surface area contributed by atoms with Crippen LogP contribution in [0.2, 0.25) is 5.02 Å². The number of benzene rings is 2. The molecule has 0 N–H and O–H groups in total. The Morgan fingerprint density at radius 2 is 1.84 bits per heavy atom. The zero-order valence-corrected chi connectivity index (χ0v) is 17.6. The molecule has 1 aromatic heterocycles. The molecule has 0 fully saturated rings. The van der Waals surface area contributed by atoms with Crippen LogP contribution >= 0.6 is 11.6 Å². The molecular weight excluding hydrogens is 416 g/mol. The van der Waals surface area contributed by atoms with Crippen molar-refractivity contribution < 1.29 is 9.47 Å². The van der Waals surface area contributed by atoms with Crippen molar-refractivity contribution in [2.45, 2.75) is 13.8 Å². The number of nitriles is 2. The van der Waals surface area contributed by atoms with Crippen LogP contribution in [0.3, 0.4) is 0 Å². The number of nitrogens with zero attached hydrogens (tertiary/aromatic N) is 4. The van der Waals surface area contributed by atoms with Gasteiger partial charge in [0.15, 0.2) is 22.3 Å². The first-order valence-corrected chi connectivity index (χ1v) is 9.66. The summed E-state index contributed by atoms with van der Waals surface area (Å²) in [6, 6.07) is 15.8. The Hall–Kier alpha value is -4.07. The van der Waals surface area contributed by atoms with Crippen molar-refractivity contribution in [2.75, 3.05) is 6.61 Å². The molecule has 0 saturated heterocycles. The van der Waals surface area contributed by atoms with E-state index in [4.69, 9.17) is 31.6 Å². The summed E-state index contributed by atoms with van der Waals surface area (Å²) in [4.78, 5) is 12.7. The molecule has 0 aliphatic heterocycles. The highest BCUT2D eigenvalue weighted by Gasteiger charge is 2.15. The van der Waals surface area contributed by atoms with Gasteiger partial charge >= 0.3 is 0 Å². The first-order chi connectivity index (χ1) is 15.0. The van der Waals surface area contributed by atoms with E-state index in [0.717, 1.165) is 5.56 Å². The smallest absolute Gasteiger partial charge is 0.294 e. The first kappa shape index (κ1) is 21.6. The molecular formula is C23H17ClN4O3. The summed E-state index contributed by atoms with van der Waals surface area (Å²) in [6.07, 6.45) is 2.79. The minimum atomic E-state index is -0.520. The third-order valence-corrected chi connectivity index (χ3v) is 4.55. The summed E-state index contributed by atoms with van der Waals surface area (Å²) >= 11 is 6.28. The molecule has 154 valence electrons. The van der Waals surface area contributed by atoms with Crippen LogP contribution in [0.25, 0.3) is 11.8 Å². The van der Waals surface area contributed by atoms with Crippen LogP contribution < -0.4 is 15.0 Å². The lowest BCUT2D eigenvalue weighted by Gasteiger charge is -2.14. The quantitative estimate of drug-likeness (QED) is 0.518. The second kappa shape index (κ2) is 9.62. The van der Waals surface area contributed by atoms with Gasteiger partial charge in [-0.25, -0.2) is 0 Å². The second-order valence-electron chi connectivity index (χ2n) is 6.40. The molecule has 0 atom stereocenters. The van der Waals surface area contributed by atoms with E-state index in [1.54, 1.807) is 49.4 Å². The molecule has 0 aliphatic rings. The van der Waals surface area contributed by atoms with Gasteiger partial charge in [0.05, 0.1) is 18.5 Å². The molecule has 0 saturated carbocycles. The molecule has 8 heteroatoms. The van der Waals surface area contributed by atoms with Crippen molar-refractivity contribution in [3.63, 3.8) is 0 Å². The topological polar surface area (TPSA) is 101 Å². The van der Waals surface area contributed by atoms with E-state index < -0.39 is 5.56 Å². The van der Waals surface area contributed by atoms with E-state index in [9.17, 15) is 4.79 Å². The number of ether oxygens (including phenoxy) is 2. The van der Waals surface area contributed by atoms with Gasteiger partial charge < -0.3 is 9.47 Å². The molecule has 0 bridgehead atoms. The molecule has 0 spiro atoms. The standard InChI is InChI=1S/C23H17ClN4O3/c1-3-30-20-11-16(10-17(12-25)13-26)6-9-19(20)31-21-14-27-28(23(29)22(21)24)18-7-4-15(2)5-8-18/h4-11,14H,3H2,1-2H3. The number of hydrogen-bond acceptors (Lipinski definition) is 6. The van der Waals surface area contributed by atoms with Gasteiger partial charge in [0, 0.05) is 0 Å². The highest BCUT2D eigenvalue weighted by Crippen LogP contribution is 2.35. The van der Waals surface area contributed by atoms with Crippen molar-refractivity contribution in [1.82, 2.24) is 9.78 Å². The maximum absolute atomic E-state index is 12.7. The predicted molar refractivity (Wildman–Crippen MR) is 116 cm³/mol. The fraction of sp³-hybridized carbons (Fsp3) is 0.130. The van der Waals surface area contributed by atoms with Gasteiger partial charge in [-0.3, -0.25) is 4.79 Å². The average Bonchev–Trinajstić information content (AvgIpc) is 2.78. The summed E-state index contributed by atoms with van der Waals surface area (Å²) in [5.41, 5.74) is 1.67. The third kappa shape index (κ3) is 4.92. The van der Waals surface area contributed by atoms with E-state index in [1.807, 2.05) is 19.1 Å². The second-order valence-corrected chi connectivity index (χ2v) is 6.78. The Balaban J connectivity index is 1.97. The Morgan fingerprint density at radius 3 is 2.48 bits per heavy atom. The summed E-state index contributed by atoms with van der Waals surface area (Å²) < 4.78 is 12.6. The largest absolute Gasteiger partial charge is 0.490 e. The fourth-order valence-electron chi connectivity index (χ4n) is 2.70. The average molecular weight is 433 g/mol. The highest BCUT2D eigenvalue weighted by molar-refractivity contribution is 6.31. The zero-order chi connectivity index (χ0) is 22.4. The Bertz CT molecular complexity index is 1270. The van der Waals surface area contributed by atoms with Gasteiger partial charge in [0.25, 0.3) is 5.56 Å². The maximum atomic E-state index is 12.7. The van der Waals surface area contributed by atoms with Crippen molar-refractivity contribution in [3.05, 3.63) is 80.7 Å². The van der Waals surface area contributed by atoms with E-state index in [-0.39, 0.29) is 16.3 Å². The van der Waals surface area contributed by atoms with Crippen LogP contribution in [0.1, 0.15) is 18.1 Å². The van der Waals surface area contributed by atoms with E-state index in [0.29, 0.717) is 29.4 Å². The molecule has 0 unspecified atom stereocenters. The summed E-state index contributed by atoms with van der Waals surface area (Å²) in [6.45, 7) is 4.11. The van der Waals surface area contributed by atoms with Gasteiger partial charge in [-0.1, -0.05) is 35.4 Å². The Morgan fingerprint density at radius 1 is 1.13 bits per heavy atom. The van der Waals surface area contributed by atoms with Crippen molar-refractivity contribution in [3.8, 4) is 35.1 Å². The van der Waals surface area contributed by atoms with Gasteiger partial charge in [0.1, 0.15) is 17.7 Å². The van der Waals surface area contributed by atoms with Gasteiger partial charge in [-0.15, -0.1) is 0 Å². The number of aromatic nitrogens is 2. The van der Waals surface area contributed by atoms with Gasteiger partial charge in [0.2, 0.25) is 0 Å². The Kier molecular flexibility index (Phi) is 6.71. The van der Waals surface area contributed by atoms with Gasteiger partial charge in [-0.2, -0.15) is 20.3 Å². The maximum Gasteiger partial charge on any atom is 0.294 e. The highest BCUT2D eigenvalue weighted by atomic mass is 35.5. The normalized spacial score (nSPS) is 9.97. The van der Waals surface area contributed by atoms with Crippen LogP contribution in [-0.4, -0.2) is 16.4 Å².